The van der Waals surface area contributed by atoms with Crippen LogP contribution in [-0.2, 0) is 24.1 Å². The van der Waals surface area contributed by atoms with Crippen LogP contribution in [0, 0.1) is 0 Å². The normalized spacial score (nSPS) is 10.9. The molecule has 1 aromatic heterocycles. The van der Waals surface area contributed by atoms with E-state index in [0.717, 1.165) is 25.7 Å². The third-order valence-corrected chi connectivity index (χ3v) is 5.72. The maximum absolute atomic E-state index is 10.5. The fourth-order valence-electron chi connectivity index (χ4n) is 3.07. The van der Waals surface area contributed by atoms with Crippen LogP contribution < -0.4 is 0 Å². The molecule has 0 aliphatic heterocycles. The Hall–Kier alpha value is -1.61. The van der Waals surface area contributed by atoms with Gasteiger partial charge in [0.05, 0.1) is 0 Å². The Kier molecular flexibility index (Phi) is 9.35. The van der Waals surface area contributed by atoms with E-state index < -0.39 is 5.97 Å². The molecule has 0 saturated heterocycles. The summed E-state index contributed by atoms with van der Waals surface area (Å²) in [6, 6.07) is 15.3. The Morgan fingerprint density at radius 1 is 0.720 bits per heavy atom. The molecule has 1 N–H and O–H groups in total. The van der Waals surface area contributed by atoms with Crippen molar-refractivity contribution in [2.24, 2.45) is 0 Å². The Labute approximate surface area is 155 Å². The second-order valence-corrected chi connectivity index (χ2v) is 7.98. The molecule has 2 rings (SSSR count). The highest BCUT2D eigenvalue weighted by molar-refractivity contribution is 7.11. The molecule has 0 atom stereocenters. The number of aryl methyl sites for hydroxylation is 3. The lowest BCUT2D eigenvalue weighted by Crippen LogP contribution is -1.93. The van der Waals surface area contributed by atoms with Crippen LogP contribution >= 0.6 is 11.3 Å². The lowest BCUT2D eigenvalue weighted by molar-refractivity contribution is -0.137. The van der Waals surface area contributed by atoms with Crippen molar-refractivity contribution in [1.82, 2.24) is 0 Å². The second kappa shape index (κ2) is 11.9. The van der Waals surface area contributed by atoms with E-state index in [1.165, 1.54) is 53.8 Å². The molecule has 0 spiro atoms. The molecule has 0 fully saturated rings. The SMILES string of the molecule is O=C(O)CCCCCc1ccc(CCCCCCc2ccccc2)s1. The Morgan fingerprint density at radius 2 is 1.28 bits per heavy atom. The van der Waals surface area contributed by atoms with Gasteiger partial charge in [0.2, 0.25) is 0 Å². The third kappa shape index (κ3) is 8.87. The summed E-state index contributed by atoms with van der Waals surface area (Å²) < 4.78 is 0. The molecule has 0 amide bonds. The summed E-state index contributed by atoms with van der Waals surface area (Å²) in [6.45, 7) is 0. The number of aliphatic carboxylic acids is 1. The van der Waals surface area contributed by atoms with Gasteiger partial charge in [-0.05, 0) is 62.6 Å². The molecule has 0 unspecified atom stereocenters. The van der Waals surface area contributed by atoms with Gasteiger partial charge in [-0.2, -0.15) is 0 Å². The predicted octanol–water partition coefficient (Wildman–Crippen LogP) is 6.28. The zero-order valence-corrected chi connectivity index (χ0v) is 15.9. The van der Waals surface area contributed by atoms with Gasteiger partial charge in [0.25, 0.3) is 0 Å². The zero-order valence-electron chi connectivity index (χ0n) is 15.1. The molecule has 25 heavy (non-hydrogen) atoms. The summed E-state index contributed by atoms with van der Waals surface area (Å²) in [4.78, 5) is 13.4. The molecule has 2 nitrogen and oxygen atoms in total. The molecule has 1 heterocycles. The van der Waals surface area contributed by atoms with Gasteiger partial charge in [0, 0.05) is 16.2 Å². The maximum atomic E-state index is 10.5. The highest BCUT2D eigenvalue weighted by atomic mass is 32.1. The molecule has 0 aliphatic carbocycles. The lowest BCUT2D eigenvalue weighted by Gasteiger charge is -2.02. The topological polar surface area (TPSA) is 37.3 Å². The van der Waals surface area contributed by atoms with Crippen LogP contribution in [0.1, 0.15) is 66.7 Å². The van der Waals surface area contributed by atoms with E-state index >= 15 is 0 Å². The highest BCUT2D eigenvalue weighted by Crippen LogP contribution is 2.21. The van der Waals surface area contributed by atoms with Crippen LogP contribution in [0.4, 0.5) is 0 Å². The smallest absolute Gasteiger partial charge is 0.303 e. The third-order valence-electron chi connectivity index (χ3n) is 4.51. The highest BCUT2D eigenvalue weighted by Gasteiger charge is 2.02. The number of carboxylic acids is 1. The van der Waals surface area contributed by atoms with Gasteiger partial charge in [0.1, 0.15) is 0 Å². The van der Waals surface area contributed by atoms with Gasteiger partial charge in [-0.15, -0.1) is 11.3 Å². The number of unbranched alkanes of at least 4 members (excludes halogenated alkanes) is 5. The number of hydrogen-bond acceptors (Lipinski definition) is 2. The number of benzene rings is 1. The largest absolute Gasteiger partial charge is 0.481 e. The number of thiophene rings is 1. The van der Waals surface area contributed by atoms with Crippen molar-refractivity contribution in [2.75, 3.05) is 0 Å². The summed E-state index contributed by atoms with van der Waals surface area (Å²) in [7, 11) is 0. The first-order chi connectivity index (χ1) is 12.2. The summed E-state index contributed by atoms with van der Waals surface area (Å²) in [5.41, 5.74) is 1.45. The molecule has 136 valence electrons. The Bertz CT molecular complexity index is 603. The first-order valence-corrected chi connectivity index (χ1v) is 10.4. The van der Waals surface area contributed by atoms with Crippen LogP contribution in [0.3, 0.4) is 0 Å². The van der Waals surface area contributed by atoms with Crippen molar-refractivity contribution >= 4 is 17.3 Å². The van der Waals surface area contributed by atoms with Gasteiger partial charge in [-0.1, -0.05) is 49.6 Å². The number of carboxylic acid groups (broad SMARTS) is 1. The molecule has 3 heteroatoms. The van der Waals surface area contributed by atoms with E-state index in [4.69, 9.17) is 5.11 Å². The van der Waals surface area contributed by atoms with Gasteiger partial charge >= 0.3 is 5.97 Å². The van der Waals surface area contributed by atoms with Gasteiger partial charge < -0.3 is 5.11 Å². The van der Waals surface area contributed by atoms with Crippen molar-refractivity contribution in [2.45, 2.75) is 70.6 Å². The van der Waals surface area contributed by atoms with Crippen molar-refractivity contribution < 1.29 is 9.90 Å². The van der Waals surface area contributed by atoms with E-state index in [9.17, 15) is 4.79 Å². The fraction of sp³-hybridized carbons (Fsp3) is 0.500. The van der Waals surface area contributed by atoms with Crippen molar-refractivity contribution in [3.8, 4) is 0 Å². The molecular formula is C22H30O2S. The van der Waals surface area contributed by atoms with E-state index in [2.05, 4.69) is 42.5 Å². The van der Waals surface area contributed by atoms with Gasteiger partial charge in [0.15, 0.2) is 0 Å². The predicted molar refractivity (Wildman–Crippen MR) is 106 cm³/mol. The minimum absolute atomic E-state index is 0.306. The first kappa shape index (κ1) is 19.7. The molecular weight excluding hydrogens is 328 g/mol. The van der Waals surface area contributed by atoms with Crippen LogP contribution in [0.2, 0.25) is 0 Å². The monoisotopic (exact) mass is 358 g/mol. The minimum Gasteiger partial charge on any atom is -0.481 e. The number of rotatable bonds is 13. The average Bonchev–Trinajstić information content (AvgIpc) is 3.06. The fourth-order valence-corrected chi connectivity index (χ4v) is 4.17. The number of hydrogen-bond donors (Lipinski definition) is 1. The van der Waals surface area contributed by atoms with E-state index in [1.807, 2.05) is 11.3 Å². The van der Waals surface area contributed by atoms with Gasteiger partial charge in [-0.3, -0.25) is 4.79 Å². The van der Waals surface area contributed by atoms with Crippen LogP contribution in [0.15, 0.2) is 42.5 Å². The first-order valence-electron chi connectivity index (χ1n) is 9.57. The minimum atomic E-state index is -0.679. The van der Waals surface area contributed by atoms with Crippen LogP contribution in [-0.4, -0.2) is 11.1 Å². The summed E-state index contributed by atoms with van der Waals surface area (Å²) in [5.74, 6) is -0.679. The molecule has 0 saturated carbocycles. The van der Waals surface area contributed by atoms with Crippen LogP contribution in [0.5, 0.6) is 0 Å². The zero-order chi connectivity index (χ0) is 17.7. The van der Waals surface area contributed by atoms with E-state index in [1.54, 1.807) is 0 Å². The van der Waals surface area contributed by atoms with Crippen LogP contribution in [0.25, 0.3) is 0 Å². The summed E-state index contributed by atoms with van der Waals surface area (Å²) in [6.07, 6.45) is 11.9. The molecule has 0 bridgehead atoms. The quantitative estimate of drug-likeness (QED) is 0.428. The molecule has 0 radical (unpaired) electrons. The van der Waals surface area contributed by atoms with Crippen molar-refractivity contribution in [3.63, 3.8) is 0 Å². The Balaban J connectivity index is 1.50. The molecule has 0 aliphatic rings. The number of carbonyl (C=O) groups is 1. The molecule has 1 aromatic carbocycles. The second-order valence-electron chi connectivity index (χ2n) is 6.72. The summed E-state index contributed by atoms with van der Waals surface area (Å²) in [5, 5.41) is 8.63. The molecule has 2 aromatic rings. The lowest BCUT2D eigenvalue weighted by atomic mass is 10.1. The summed E-state index contributed by atoms with van der Waals surface area (Å²) >= 11 is 1.94. The maximum Gasteiger partial charge on any atom is 0.303 e. The van der Waals surface area contributed by atoms with Crippen molar-refractivity contribution in [1.29, 1.82) is 0 Å². The van der Waals surface area contributed by atoms with Crippen molar-refractivity contribution in [3.05, 3.63) is 57.8 Å². The average molecular weight is 359 g/mol. The van der Waals surface area contributed by atoms with Gasteiger partial charge in [-0.25, -0.2) is 0 Å². The van der Waals surface area contributed by atoms with E-state index in [0.29, 0.717) is 6.42 Å². The van der Waals surface area contributed by atoms with E-state index in [-0.39, 0.29) is 0 Å². The Morgan fingerprint density at radius 3 is 1.88 bits per heavy atom. The standard InChI is InChI=1S/C22H30O2S/c23-22(24)16-10-4-9-15-21-18-17-20(25-21)14-8-2-1-5-11-19-12-6-3-7-13-19/h3,6-7,12-13,17-18H,1-2,4-5,8-11,14-16H2,(H,23,24).